The van der Waals surface area contributed by atoms with Crippen LogP contribution in [-0.2, 0) is 19.1 Å². The van der Waals surface area contributed by atoms with Gasteiger partial charge in [0, 0.05) is 50.5 Å². The molecular formula is C17H34N2O4S2. The molecule has 8 heteroatoms. The molecule has 0 fully saturated rings. The van der Waals surface area contributed by atoms with Gasteiger partial charge in [0.25, 0.3) is 0 Å². The maximum atomic E-state index is 11.8. The van der Waals surface area contributed by atoms with Crippen molar-refractivity contribution < 1.29 is 19.1 Å². The number of hydrogen-bond acceptors (Lipinski definition) is 6. The number of rotatable bonds is 18. The van der Waals surface area contributed by atoms with E-state index in [9.17, 15) is 9.59 Å². The van der Waals surface area contributed by atoms with Crippen LogP contribution in [0.4, 0.5) is 0 Å². The highest BCUT2D eigenvalue weighted by molar-refractivity contribution is 8.76. The smallest absolute Gasteiger partial charge is 0.220 e. The fourth-order valence-electron chi connectivity index (χ4n) is 1.75. The summed E-state index contributed by atoms with van der Waals surface area (Å²) in [6.07, 6.45) is 5.49. The summed E-state index contributed by atoms with van der Waals surface area (Å²) in [6, 6.07) is 0. The number of nitrogens with two attached hydrogens (primary N) is 1. The summed E-state index contributed by atoms with van der Waals surface area (Å²) in [6.45, 7) is 6.20. The second kappa shape index (κ2) is 18.4. The largest absolute Gasteiger partial charge is 0.370 e. The van der Waals surface area contributed by atoms with E-state index in [-0.39, 0.29) is 18.1 Å². The van der Waals surface area contributed by atoms with E-state index >= 15 is 0 Å². The molecule has 2 amide bonds. The van der Waals surface area contributed by atoms with E-state index in [0.717, 1.165) is 31.4 Å². The van der Waals surface area contributed by atoms with Crippen molar-refractivity contribution in [3.05, 3.63) is 0 Å². The van der Waals surface area contributed by atoms with E-state index in [2.05, 4.69) is 19.2 Å². The first-order chi connectivity index (χ1) is 12.1. The first kappa shape index (κ1) is 24.6. The summed E-state index contributed by atoms with van der Waals surface area (Å²) in [5.41, 5.74) is 5.07. The number of unbranched alkanes of at least 4 members (excludes halogenated alkanes) is 2. The highest BCUT2D eigenvalue weighted by Gasteiger charge is 2.10. The Morgan fingerprint density at radius 1 is 1.00 bits per heavy atom. The summed E-state index contributed by atoms with van der Waals surface area (Å²) in [4.78, 5) is 22.4. The highest BCUT2D eigenvalue weighted by atomic mass is 33.1. The van der Waals surface area contributed by atoms with Crippen molar-refractivity contribution in [2.45, 2.75) is 65.1 Å². The van der Waals surface area contributed by atoms with Crippen LogP contribution in [0.5, 0.6) is 0 Å². The highest BCUT2D eigenvalue weighted by Crippen LogP contribution is 2.22. The van der Waals surface area contributed by atoms with E-state index in [4.69, 9.17) is 15.2 Å². The molecule has 0 spiro atoms. The van der Waals surface area contributed by atoms with E-state index in [1.165, 1.54) is 0 Å². The molecule has 0 aliphatic heterocycles. The Morgan fingerprint density at radius 3 is 2.08 bits per heavy atom. The molecule has 0 saturated heterocycles. The van der Waals surface area contributed by atoms with Gasteiger partial charge in [-0.3, -0.25) is 9.59 Å². The average Bonchev–Trinajstić information content (AvgIpc) is 2.57. The zero-order valence-corrected chi connectivity index (χ0v) is 17.2. The minimum Gasteiger partial charge on any atom is -0.370 e. The lowest BCUT2D eigenvalue weighted by Crippen LogP contribution is -2.29. The first-order valence-corrected chi connectivity index (χ1v) is 11.6. The van der Waals surface area contributed by atoms with Gasteiger partial charge in [-0.2, -0.15) is 0 Å². The van der Waals surface area contributed by atoms with Crippen LogP contribution in [0, 0.1) is 0 Å². The fraction of sp³-hybridized carbons (Fsp3) is 0.882. The summed E-state index contributed by atoms with van der Waals surface area (Å²) in [7, 11) is 3.16. The zero-order chi connectivity index (χ0) is 18.8. The van der Waals surface area contributed by atoms with Crippen LogP contribution in [0.3, 0.4) is 0 Å². The number of amides is 2. The Balaban J connectivity index is 3.73. The minimum atomic E-state index is -0.289. The van der Waals surface area contributed by atoms with Gasteiger partial charge in [-0.1, -0.05) is 48.3 Å². The summed E-state index contributed by atoms with van der Waals surface area (Å²) < 4.78 is 11.5. The zero-order valence-electron chi connectivity index (χ0n) is 15.6. The molecule has 0 unspecified atom stereocenters. The van der Waals surface area contributed by atoms with E-state index in [1.54, 1.807) is 21.6 Å². The molecule has 148 valence electrons. The quantitative estimate of drug-likeness (QED) is 0.211. The molecule has 0 aromatic carbocycles. The predicted octanol–water partition coefficient (Wildman–Crippen LogP) is 3.10. The van der Waals surface area contributed by atoms with Crippen LogP contribution < -0.4 is 11.1 Å². The molecule has 0 aromatic rings. The number of hydrogen-bond donors (Lipinski definition) is 2. The number of ether oxygens (including phenoxy) is 2. The molecule has 6 nitrogen and oxygen atoms in total. The summed E-state index contributed by atoms with van der Waals surface area (Å²) >= 11 is 0. The van der Waals surface area contributed by atoms with Gasteiger partial charge in [-0.05, 0) is 12.8 Å². The second-order valence-electron chi connectivity index (χ2n) is 5.63. The van der Waals surface area contributed by atoms with Crippen LogP contribution in [0.1, 0.15) is 58.8 Å². The monoisotopic (exact) mass is 394 g/mol. The van der Waals surface area contributed by atoms with Crippen molar-refractivity contribution in [3.8, 4) is 0 Å². The van der Waals surface area contributed by atoms with Gasteiger partial charge in [0.05, 0.1) is 0 Å². The van der Waals surface area contributed by atoms with E-state index < -0.39 is 0 Å². The first-order valence-electron chi connectivity index (χ1n) is 9.12. The van der Waals surface area contributed by atoms with Crippen LogP contribution in [-0.4, -0.2) is 49.4 Å². The Hall–Kier alpha value is -0.440. The molecule has 0 aromatic heterocycles. The van der Waals surface area contributed by atoms with Gasteiger partial charge < -0.3 is 20.5 Å². The number of carbonyl (C=O) groups excluding carboxylic acids is 2. The third kappa shape index (κ3) is 18.2. The summed E-state index contributed by atoms with van der Waals surface area (Å²) in [5, 5.41) is 2.91. The normalized spacial score (nSPS) is 11.0. The SMILES string of the molecule is CCCCOC(CCNC(=O)CCSSCCC(N)=O)OCCCC. The molecular weight excluding hydrogens is 360 g/mol. The number of primary amides is 1. The molecule has 0 saturated carbocycles. The lowest BCUT2D eigenvalue weighted by Gasteiger charge is -2.18. The van der Waals surface area contributed by atoms with Crippen LogP contribution >= 0.6 is 21.6 Å². The van der Waals surface area contributed by atoms with Crippen molar-refractivity contribution >= 4 is 33.4 Å². The Kier molecular flexibility index (Phi) is 18.0. The van der Waals surface area contributed by atoms with Gasteiger partial charge in [0.1, 0.15) is 0 Å². The van der Waals surface area contributed by atoms with Crippen molar-refractivity contribution in [3.63, 3.8) is 0 Å². The molecule has 0 radical (unpaired) electrons. The number of nitrogens with one attached hydrogen (secondary N) is 1. The topological polar surface area (TPSA) is 90.6 Å². The molecule has 25 heavy (non-hydrogen) atoms. The van der Waals surface area contributed by atoms with Crippen molar-refractivity contribution in [1.82, 2.24) is 5.32 Å². The predicted molar refractivity (Wildman–Crippen MR) is 106 cm³/mol. The summed E-state index contributed by atoms with van der Waals surface area (Å²) in [5.74, 6) is 1.15. The lowest BCUT2D eigenvalue weighted by atomic mass is 10.3. The van der Waals surface area contributed by atoms with Crippen LogP contribution in [0.25, 0.3) is 0 Å². The molecule has 0 aliphatic rings. The molecule has 0 aliphatic carbocycles. The van der Waals surface area contributed by atoms with Crippen molar-refractivity contribution in [2.24, 2.45) is 5.73 Å². The van der Waals surface area contributed by atoms with Gasteiger partial charge >= 0.3 is 0 Å². The Morgan fingerprint density at radius 2 is 1.56 bits per heavy atom. The standard InChI is InChI=1S/C17H34N2O4S2/c1-3-5-11-22-17(23-12-6-4-2)7-10-19-16(21)9-14-25-24-13-8-15(18)20/h17H,3-14H2,1-2H3,(H2,18,20)(H,19,21). The average molecular weight is 395 g/mol. The Labute approximate surface area is 160 Å². The third-order valence-electron chi connectivity index (χ3n) is 3.23. The van der Waals surface area contributed by atoms with Gasteiger partial charge in [-0.25, -0.2) is 0 Å². The van der Waals surface area contributed by atoms with Gasteiger partial charge in [0.2, 0.25) is 11.8 Å². The van der Waals surface area contributed by atoms with Crippen molar-refractivity contribution in [1.29, 1.82) is 0 Å². The maximum absolute atomic E-state index is 11.8. The van der Waals surface area contributed by atoms with Gasteiger partial charge in [0.15, 0.2) is 6.29 Å². The molecule has 0 bridgehead atoms. The molecule has 0 rings (SSSR count). The van der Waals surface area contributed by atoms with E-state index in [1.807, 2.05) is 0 Å². The fourth-order valence-corrected chi connectivity index (χ4v) is 3.74. The van der Waals surface area contributed by atoms with E-state index in [0.29, 0.717) is 44.8 Å². The van der Waals surface area contributed by atoms with Crippen LogP contribution in [0.15, 0.2) is 0 Å². The minimum absolute atomic E-state index is 0.0314. The van der Waals surface area contributed by atoms with Gasteiger partial charge in [-0.15, -0.1) is 0 Å². The molecule has 3 N–H and O–H groups in total. The maximum Gasteiger partial charge on any atom is 0.220 e. The Bertz CT molecular complexity index is 337. The van der Waals surface area contributed by atoms with Crippen LogP contribution in [0.2, 0.25) is 0 Å². The lowest BCUT2D eigenvalue weighted by molar-refractivity contribution is -0.147. The second-order valence-corrected chi connectivity index (χ2v) is 8.33. The third-order valence-corrected chi connectivity index (χ3v) is 5.64. The molecule has 0 heterocycles. The van der Waals surface area contributed by atoms with Crippen molar-refractivity contribution in [2.75, 3.05) is 31.3 Å². The molecule has 0 atom stereocenters. The number of carbonyl (C=O) groups is 2.